The van der Waals surface area contributed by atoms with E-state index in [-0.39, 0.29) is 5.91 Å². The van der Waals surface area contributed by atoms with Gasteiger partial charge < -0.3 is 19.0 Å². The first-order chi connectivity index (χ1) is 10.6. The SMILES string of the molecule is CN1CCC(OC2CCN(C(=O)c3ccc(Br)o3)CC2)CC1. The minimum absolute atomic E-state index is 0.0246. The summed E-state index contributed by atoms with van der Waals surface area (Å²) in [7, 11) is 2.16. The number of furan rings is 1. The van der Waals surface area contributed by atoms with Crippen LogP contribution in [0.15, 0.2) is 21.2 Å². The summed E-state index contributed by atoms with van der Waals surface area (Å²) >= 11 is 3.23. The zero-order valence-electron chi connectivity index (χ0n) is 13.0. The Hall–Kier alpha value is -0.850. The molecule has 2 aliphatic rings. The van der Waals surface area contributed by atoms with Gasteiger partial charge in [0, 0.05) is 26.2 Å². The molecule has 0 unspecified atom stereocenters. The van der Waals surface area contributed by atoms with Crippen molar-refractivity contribution in [3.63, 3.8) is 0 Å². The van der Waals surface area contributed by atoms with Crippen molar-refractivity contribution < 1.29 is 13.9 Å². The fourth-order valence-corrected chi connectivity index (χ4v) is 3.48. The van der Waals surface area contributed by atoms with Gasteiger partial charge in [-0.1, -0.05) is 0 Å². The molecule has 1 amide bonds. The Kier molecular flexibility index (Phi) is 5.21. The summed E-state index contributed by atoms with van der Waals surface area (Å²) in [6, 6.07) is 3.47. The molecule has 0 N–H and O–H groups in total. The first kappa shape index (κ1) is 16.0. The van der Waals surface area contributed by atoms with E-state index in [1.54, 1.807) is 12.1 Å². The van der Waals surface area contributed by atoms with Gasteiger partial charge in [0.2, 0.25) is 0 Å². The molecule has 2 fully saturated rings. The van der Waals surface area contributed by atoms with Gasteiger partial charge in [-0.2, -0.15) is 0 Å². The number of carbonyl (C=O) groups excluding carboxylic acids is 1. The molecule has 0 bridgehead atoms. The van der Waals surface area contributed by atoms with Crippen molar-refractivity contribution >= 4 is 21.8 Å². The Bertz CT molecular complexity index is 503. The van der Waals surface area contributed by atoms with Gasteiger partial charge in [0.1, 0.15) is 0 Å². The van der Waals surface area contributed by atoms with Crippen LogP contribution in [0.4, 0.5) is 0 Å². The number of hydrogen-bond acceptors (Lipinski definition) is 4. The van der Waals surface area contributed by atoms with Gasteiger partial charge in [0.25, 0.3) is 5.91 Å². The molecule has 3 heterocycles. The largest absolute Gasteiger partial charge is 0.444 e. The monoisotopic (exact) mass is 370 g/mol. The predicted octanol–water partition coefficient (Wildman–Crippen LogP) is 2.76. The molecule has 0 aromatic carbocycles. The molecule has 2 saturated heterocycles. The average Bonchev–Trinajstić information content (AvgIpc) is 2.96. The summed E-state index contributed by atoms with van der Waals surface area (Å²) in [5.41, 5.74) is 0. The molecule has 5 nitrogen and oxygen atoms in total. The fraction of sp³-hybridized carbons (Fsp3) is 0.688. The molecule has 1 aromatic rings. The van der Waals surface area contributed by atoms with Gasteiger partial charge >= 0.3 is 0 Å². The van der Waals surface area contributed by atoms with Crippen LogP contribution in [-0.2, 0) is 4.74 Å². The average molecular weight is 371 g/mol. The Labute approximate surface area is 139 Å². The molecule has 3 rings (SSSR count). The van der Waals surface area contributed by atoms with Crippen molar-refractivity contribution in [3.05, 3.63) is 22.6 Å². The number of hydrogen-bond donors (Lipinski definition) is 0. The molecular weight excluding hydrogens is 348 g/mol. The number of nitrogens with zero attached hydrogens (tertiary/aromatic N) is 2. The second kappa shape index (κ2) is 7.15. The third-order valence-electron chi connectivity index (χ3n) is 4.56. The number of likely N-dealkylation sites (tertiary alicyclic amines) is 2. The summed E-state index contributed by atoms with van der Waals surface area (Å²) in [5, 5.41) is 0. The minimum Gasteiger partial charge on any atom is -0.444 e. The lowest BCUT2D eigenvalue weighted by Gasteiger charge is -2.36. The van der Waals surface area contributed by atoms with Crippen LogP contribution in [-0.4, -0.2) is 61.1 Å². The van der Waals surface area contributed by atoms with E-state index >= 15 is 0 Å². The molecule has 0 aliphatic carbocycles. The highest BCUT2D eigenvalue weighted by atomic mass is 79.9. The second-order valence-electron chi connectivity index (χ2n) is 6.23. The van der Waals surface area contributed by atoms with Crippen LogP contribution in [0.1, 0.15) is 36.2 Å². The summed E-state index contributed by atoms with van der Waals surface area (Å²) in [6.45, 7) is 3.73. The molecule has 6 heteroatoms. The number of amides is 1. The molecular formula is C16H23BrN2O3. The minimum atomic E-state index is -0.0246. The lowest BCUT2D eigenvalue weighted by Crippen LogP contribution is -2.43. The summed E-state index contributed by atoms with van der Waals surface area (Å²) < 4.78 is 12.2. The number of piperidine rings is 2. The van der Waals surface area contributed by atoms with Crippen molar-refractivity contribution in [3.8, 4) is 0 Å². The van der Waals surface area contributed by atoms with E-state index < -0.39 is 0 Å². The molecule has 1 aromatic heterocycles. The van der Waals surface area contributed by atoms with Crippen molar-refractivity contribution in [2.75, 3.05) is 33.2 Å². The number of halogens is 1. The summed E-state index contributed by atoms with van der Waals surface area (Å²) in [5.74, 6) is 0.380. The van der Waals surface area contributed by atoms with Gasteiger partial charge in [-0.05, 0) is 60.8 Å². The van der Waals surface area contributed by atoms with Crippen molar-refractivity contribution in [1.82, 2.24) is 9.80 Å². The van der Waals surface area contributed by atoms with E-state index in [1.807, 2.05) is 4.90 Å². The van der Waals surface area contributed by atoms with Crippen molar-refractivity contribution in [2.24, 2.45) is 0 Å². The lowest BCUT2D eigenvalue weighted by molar-refractivity contribution is -0.0601. The molecule has 2 aliphatic heterocycles. The number of ether oxygens (including phenoxy) is 1. The van der Waals surface area contributed by atoms with Crippen LogP contribution in [0, 0.1) is 0 Å². The third-order valence-corrected chi connectivity index (χ3v) is 4.99. The third kappa shape index (κ3) is 3.91. The topological polar surface area (TPSA) is 45.9 Å². The highest BCUT2D eigenvalue weighted by Gasteiger charge is 2.28. The van der Waals surface area contributed by atoms with E-state index in [9.17, 15) is 4.79 Å². The summed E-state index contributed by atoms with van der Waals surface area (Å²) in [6.07, 6.45) is 4.76. The lowest BCUT2D eigenvalue weighted by atomic mass is 10.0. The Morgan fingerprint density at radius 3 is 2.27 bits per heavy atom. The second-order valence-corrected chi connectivity index (χ2v) is 7.02. The Balaban J connectivity index is 1.45. The Morgan fingerprint density at radius 2 is 1.73 bits per heavy atom. The van der Waals surface area contributed by atoms with Crippen LogP contribution in [0.2, 0.25) is 0 Å². The van der Waals surface area contributed by atoms with Gasteiger partial charge in [0.05, 0.1) is 12.2 Å². The van der Waals surface area contributed by atoms with Gasteiger partial charge in [-0.25, -0.2) is 0 Å². The maximum atomic E-state index is 12.3. The molecule has 0 saturated carbocycles. The van der Waals surface area contributed by atoms with Crippen LogP contribution < -0.4 is 0 Å². The van der Waals surface area contributed by atoms with Crippen LogP contribution in [0.25, 0.3) is 0 Å². The standard InChI is InChI=1S/C16H23BrN2O3/c1-18-8-4-12(5-9-18)21-13-6-10-19(11-7-13)16(20)14-2-3-15(17)22-14/h2-3,12-13H,4-11H2,1H3. The fourth-order valence-electron chi connectivity index (χ4n) is 3.17. The maximum absolute atomic E-state index is 12.3. The van der Waals surface area contributed by atoms with Crippen molar-refractivity contribution in [2.45, 2.75) is 37.9 Å². The first-order valence-corrected chi connectivity index (χ1v) is 8.80. The van der Waals surface area contributed by atoms with E-state index in [1.165, 1.54) is 0 Å². The highest BCUT2D eigenvalue weighted by Crippen LogP contribution is 2.22. The first-order valence-electron chi connectivity index (χ1n) is 8.00. The Morgan fingerprint density at radius 1 is 1.14 bits per heavy atom. The summed E-state index contributed by atoms with van der Waals surface area (Å²) in [4.78, 5) is 16.5. The van der Waals surface area contributed by atoms with Crippen LogP contribution >= 0.6 is 15.9 Å². The van der Waals surface area contributed by atoms with Crippen LogP contribution in [0.3, 0.4) is 0 Å². The zero-order valence-corrected chi connectivity index (χ0v) is 14.5. The van der Waals surface area contributed by atoms with Gasteiger partial charge in [0.15, 0.2) is 10.4 Å². The molecule has 122 valence electrons. The molecule has 0 radical (unpaired) electrons. The number of carbonyl (C=O) groups is 1. The van der Waals surface area contributed by atoms with Crippen LogP contribution in [0.5, 0.6) is 0 Å². The normalized spacial score (nSPS) is 22.2. The van der Waals surface area contributed by atoms with E-state index in [0.717, 1.165) is 51.9 Å². The molecule has 0 spiro atoms. The number of rotatable bonds is 3. The smallest absolute Gasteiger partial charge is 0.289 e. The predicted molar refractivity (Wildman–Crippen MR) is 86.9 cm³/mol. The van der Waals surface area contributed by atoms with E-state index in [4.69, 9.17) is 9.15 Å². The quantitative estimate of drug-likeness (QED) is 0.820. The van der Waals surface area contributed by atoms with Gasteiger partial charge in [-0.15, -0.1) is 0 Å². The van der Waals surface area contributed by atoms with E-state index in [2.05, 4.69) is 27.9 Å². The zero-order chi connectivity index (χ0) is 15.5. The highest BCUT2D eigenvalue weighted by molar-refractivity contribution is 9.10. The molecule has 0 atom stereocenters. The van der Waals surface area contributed by atoms with Gasteiger partial charge in [-0.3, -0.25) is 4.79 Å². The van der Waals surface area contributed by atoms with Crippen molar-refractivity contribution in [1.29, 1.82) is 0 Å². The van der Waals surface area contributed by atoms with E-state index in [0.29, 0.717) is 22.6 Å². The molecule has 22 heavy (non-hydrogen) atoms. The maximum Gasteiger partial charge on any atom is 0.289 e.